The second kappa shape index (κ2) is 4.97. The van der Waals surface area contributed by atoms with Gasteiger partial charge in [0.2, 0.25) is 0 Å². The number of benzene rings is 2. The van der Waals surface area contributed by atoms with E-state index < -0.39 is 0 Å². The van der Waals surface area contributed by atoms with Crippen molar-refractivity contribution in [3.63, 3.8) is 0 Å². The van der Waals surface area contributed by atoms with E-state index >= 15 is 0 Å². The first-order valence-electron chi connectivity index (χ1n) is 6.14. The van der Waals surface area contributed by atoms with Gasteiger partial charge in [0.1, 0.15) is 0 Å². The number of carbonyl (C=O) groups excluding carboxylic acids is 1. The van der Waals surface area contributed by atoms with Crippen LogP contribution in [0, 0.1) is 6.92 Å². The number of aromatic nitrogens is 1. The highest BCUT2D eigenvalue weighted by Crippen LogP contribution is 2.25. The lowest BCUT2D eigenvalue weighted by molar-refractivity contribution is 0.104. The van der Waals surface area contributed by atoms with Gasteiger partial charge < -0.3 is 4.98 Å². The highest BCUT2D eigenvalue weighted by atomic mass is 35.5. The topological polar surface area (TPSA) is 32.9 Å². The van der Waals surface area contributed by atoms with Crippen LogP contribution in [0.5, 0.6) is 0 Å². The molecule has 100 valence electrons. The van der Waals surface area contributed by atoms with Crippen LogP contribution in [-0.2, 0) is 0 Å². The van der Waals surface area contributed by atoms with Crippen LogP contribution in [0.15, 0.2) is 42.6 Å². The number of aryl methyl sites for hydroxylation is 1. The van der Waals surface area contributed by atoms with Crippen molar-refractivity contribution in [2.75, 3.05) is 0 Å². The average Bonchev–Trinajstić information content (AvgIpc) is 2.80. The van der Waals surface area contributed by atoms with Crippen LogP contribution in [0.4, 0.5) is 0 Å². The summed E-state index contributed by atoms with van der Waals surface area (Å²) in [6.45, 7) is 1.88. The molecule has 0 fully saturated rings. The Bertz CT molecular complexity index is 820. The summed E-state index contributed by atoms with van der Waals surface area (Å²) in [6, 6.07) is 10.7. The fourth-order valence-corrected chi connectivity index (χ4v) is 2.71. The molecule has 0 aliphatic rings. The number of hydrogen-bond donors (Lipinski definition) is 1. The Morgan fingerprint density at radius 1 is 1.00 bits per heavy atom. The molecule has 2 nitrogen and oxygen atoms in total. The van der Waals surface area contributed by atoms with Crippen molar-refractivity contribution in [2.24, 2.45) is 0 Å². The summed E-state index contributed by atoms with van der Waals surface area (Å²) < 4.78 is 0. The van der Waals surface area contributed by atoms with E-state index in [0.717, 1.165) is 16.5 Å². The van der Waals surface area contributed by atoms with Crippen molar-refractivity contribution in [1.29, 1.82) is 0 Å². The molecule has 0 aliphatic carbocycles. The summed E-state index contributed by atoms with van der Waals surface area (Å²) in [6.07, 6.45) is 1.72. The van der Waals surface area contributed by atoms with Gasteiger partial charge in [-0.3, -0.25) is 4.79 Å². The molecule has 3 aromatic rings. The van der Waals surface area contributed by atoms with Crippen LogP contribution >= 0.6 is 23.2 Å². The number of halogens is 2. The van der Waals surface area contributed by atoms with Crippen LogP contribution in [0.2, 0.25) is 10.0 Å². The number of rotatable bonds is 2. The fourth-order valence-electron chi connectivity index (χ4n) is 2.31. The first kappa shape index (κ1) is 13.2. The lowest BCUT2D eigenvalue weighted by Gasteiger charge is -2.04. The number of fused-ring (bicyclic) bond motifs is 1. The minimum Gasteiger partial charge on any atom is -0.360 e. The van der Waals surface area contributed by atoms with Crippen LogP contribution in [0.1, 0.15) is 21.5 Å². The van der Waals surface area contributed by atoms with E-state index in [0.29, 0.717) is 21.2 Å². The molecule has 0 saturated heterocycles. The Kier molecular flexibility index (Phi) is 3.28. The molecule has 1 N–H and O–H groups in total. The third-order valence-corrected chi connectivity index (χ3v) is 3.79. The van der Waals surface area contributed by atoms with Gasteiger partial charge in [-0.15, -0.1) is 0 Å². The second-order valence-electron chi connectivity index (χ2n) is 4.68. The number of aromatic amines is 1. The number of hydrogen-bond acceptors (Lipinski definition) is 1. The van der Waals surface area contributed by atoms with Crippen molar-refractivity contribution >= 4 is 39.9 Å². The maximum Gasteiger partial charge on any atom is 0.195 e. The van der Waals surface area contributed by atoms with E-state index in [2.05, 4.69) is 4.98 Å². The molecule has 0 saturated carbocycles. The first-order valence-corrected chi connectivity index (χ1v) is 6.89. The normalized spacial score (nSPS) is 10.9. The molecule has 3 rings (SSSR count). The zero-order valence-corrected chi connectivity index (χ0v) is 12.2. The third kappa shape index (κ3) is 2.21. The van der Waals surface area contributed by atoms with E-state index in [4.69, 9.17) is 23.2 Å². The maximum absolute atomic E-state index is 12.6. The largest absolute Gasteiger partial charge is 0.360 e. The second-order valence-corrected chi connectivity index (χ2v) is 5.55. The minimum absolute atomic E-state index is 0.0206. The van der Waals surface area contributed by atoms with Crippen molar-refractivity contribution in [3.8, 4) is 0 Å². The number of nitrogens with one attached hydrogen (secondary N) is 1. The van der Waals surface area contributed by atoms with E-state index in [1.54, 1.807) is 30.5 Å². The third-order valence-electron chi connectivity index (χ3n) is 3.32. The summed E-state index contributed by atoms with van der Waals surface area (Å²) in [5.74, 6) is -0.0206. The Labute approximate surface area is 126 Å². The molecular formula is C16H11Cl2NO. The first-order chi connectivity index (χ1) is 9.56. The van der Waals surface area contributed by atoms with Gasteiger partial charge in [-0.2, -0.15) is 0 Å². The van der Waals surface area contributed by atoms with Crippen LogP contribution in [0.3, 0.4) is 0 Å². The molecule has 2 aromatic carbocycles. The van der Waals surface area contributed by atoms with E-state index in [9.17, 15) is 4.79 Å². The monoisotopic (exact) mass is 303 g/mol. The molecule has 0 atom stereocenters. The molecule has 0 radical (unpaired) electrons. The van der Waals surface area contributed by atoms with Crippen molar-refractivity contribution in [3.05, 3.63) is 69.3 Å². The quantitative estimate of drug-likeness (QED) is 0.663. The molecule has 4 heteroatoms. The molecule has 0 amide bonds. The Hall–Kier alpha value is -1.77. The van der Waals surface area contributed by atoms with Crippen LogP contribution in [-0.4, -0.2) is 10.8 Å². The molecule has 1 heterocycles. The predicted molar refractivity (Wildman–Crippen MR) is 82.9 cm³/mol. The van der Waals surface area contributed by atoms with Crippen LogP contribution < -0.4 is 0 Å². The summed E-state index contributed by atoms with van der Waals surface area (Å²) in [4.78, 5) is 15.7. The molecule has 0 unspecified atom stereocenters. The average molecular weight is 304 g/mol. The lowest BCUT2D eigenvalue weighted by atomic mass is 9.99. The summed E-state index contributed by atoms with van der Waals surface area (Å²) in [5.41, 5.74) is 3.02. The van der Waals surface area contributed by atoms with Gasteiger partial charge in [0.15, 0.2) is 5.78 Å². The molecule has 1 aromatic heterocycles. The standard InChI is InChI=1S/C16H11Cl2NO/c1-9-6-10(17)2-4-12(9)16(20)14-8-19-15-7-11(18)3-5-13(14)15/h2-8,19H,1H3. The summed E-state index contributed by atoms with van der Waals surface area (Å²) >= 11 is 11.9. The zero-order valence-electron chi connectivity index (χ0n) is 10.7. The van der Waals surface area contributed by atoms with Gasteiger partial charge in [0.25, 0.3) is 0 Å². The molecule has 0 aliphatic heterocycles. The lowest BCUT2D eigenvalue weighted by Crippen LogP contribution is -2.02. The Morgan fingerprint density at radius 3 is 2.45 bits per heavy atom. The summed E-state index contributed by atoms with van der Waals surface area (Å²) in [5, 5.41) is 2.14. The van der Waals surface area contributed by atoms with Crippen molar-refractivity contribution in [2.45, 2.75) is 6.92 Å². The van der Waals surface area contributed by atoms with Gasteiger partial charge >= 0.3 is 0 Å². The van der Waals surface area contributed by atoms with Crippen molar-refractivity contribution in [1.82, 2.24) is 4.98 Å². The molecule has 20 heavy (non-hydrogen) atoms. The fraction of sp³-hybridized carbons (Fsp3) is 0.0625. The van der Waals surface area contributed by atoms with E-state index in [1.165, 1.54) is 0 Å². The summed E-state index contributed by atoms with van der Waals surface area (Å²) in [7, 11) is 0. The zero-order chi connectivity index (χ0) is 14.3. The van der Waals surface area contributed by atoms with Gasteiger partial charge in [-0.1, -0.05) is 29.3 Å². The number of H-pyrrole nitrogens is 1. The smallest absolute Gasteiger partial charge is 0.195 e. The van der Waals surface area contributed by atoms with Gasteiger partial charge in [0, 0.05) is 38.3 Å². The molecule has 0 spiro atoms. The van der Waals surface area contributed by atoms with Crippen molar-refractivity contribution < 1.29 is 4.79 Å². The van der Waals surface area contributed by atoms with E-state index in [-0.39, 0.29) is 5.78 Å². The maximum atomic E-state index is 12.6. The Morgan fingerprint density at radius 2 is 1.70 bits per heavy atom. The predicted octanol–water partition coefficient (Wildman–Crippen LogP) is 5.01. The highest BCUT2D eigenvalue weighted by molar-refractivity contribution is 6.32. The SMILES string of the molecule is Cc1cc(Cl)ccc1C(=O)c1c[nH]c2cc(Cl)ccc12. The molecular weight excluding hydrogens is 293 g/mol. The van der Waals surface area contributed by atoms with Gasteiger partial charge in [-0.05, 0) is 42.8 Å². The Balaban J connectivity index is 2.13. The number of carbonyl (C=O) groups is 1. The van der Waals surface area contributed by atoms with Gasteiger partial charge in [0.05, 0.1) is 0 Å². The minimum atomic E-state index is -0.0206. The highest BCUT2D eigenvalue weighted by Gasteiger charge is 2.16. The van der Waals surface area contributed by atoms with Gasteiger partial charge in [-0.25, -0.2) is 0 Å². The number of ketones is 1. The molecule has 0 bridgehead atoms. The van der Waals surface area contributed by atoms with E-state index in [1.807, 2.05) is 19.1 Å². The van der Waals surface area contributed by atoms with Crippen LogP contribution in [0.25, 0.3) is 10.9 Å².